The molecule has 0 N–H and O–H groups in total. The lowest BCUT2D eigenvalue weighted by Gasteiger charge is -2.14. The van der Waals surface area contributed by atoms with Gasteiger partial charge in [0.25, 0.3) is 11.6 Å². The van der Waals surface area contributed by atoms with Crippen LogP contribution in [0.15, 0.2) is 77.7 Å². The van der Waals surface area contributed by atoms with Crippen molar-refractivity contribution in [1.82, 2.24) is 0 Å². The Morgan fingerprint density at radius 1 is 1.06 bits per heavy atom. The molecule has 0 aromatic heterocycles. The number of para-hydroxylation sites is 1. The summed E-state index contributed by atoms with van der Waals surface area (Å²) in [6, 6.07) is 20.8. The first-order valence-electron chi connectivity index (χ1n) is 9.83. The number of hydrogen-bond acceptors (Lipinski definition) is 7. The van der Waals surface area contributed by atoms with E-state index in [0.29, 0.717) is 20.7 Å². The van der Waals surface area contributed by atoms with Crippen LogP contribution in [0.5, 0.6) is 11.5 Å². The maximum atomic E-state index is 12.9. The van der Waals surface area contributed by atoms with Crippen molar-refractivity contribution >= 4 is 51.7 Å². The van der Waals surface area contributed by atoms with Gasteiger partial charge < -0.3 is 9.47 Å². The van der Waals surface area contributed by atoms with Crippen LogP contribution in [0.2, 0.25) is 0 Å². The summed E-state index contributed by atoms with van der Waals surface area (Å²) in [7, 11) is 1.53. The van der Waals surface area contributed by atoms with Crippen LogP contribution >= 0.6 is 24.0 Å². The largest absolute Gasteiger partial charge is 0.493 e. The van der Waals surface area contributed by atoms with Gasteiger partial charge in [-0.05, 0) is 53.6 Å². The Morgan fingerprint density at radius 2 is 1.79 bits per heavy atom. The number of amides is 1. The second-order valence-corrected chi connectivity index (χ2v) is 8.65. The summed E-state index contributed by atoms with van der Waals surface area (Å²) in [6.45, 7) is 0.226. The molecule has 3 aromatic carbocycles. The van der Waals surface area contributed by atoms with Crippen LogP contribution < -0.4 is 14.4 Å². The standard InChI is InChI=1S/C24H18N2O5S2/c1-30-21-13-17(9-12-20(21)31-15-16-7-10-19(11-8-16)26(28)29)14-22-23(27)25(24(32)33-22)18-5-3-2-4-6-18/h2-14H,15H2,1H3/b22-14+. The van der Waals surface area contributed by atoms with Gasteiger partial charge in [0, 0.05) is 12.1 Å². The summed E-state index contributed by atoms with van der Waals surface area (Å²) >= 11 is 6.66. The van der Waals surface area contributed by atoms with E-state index in [1.807, 2.05) is 36.4 Å². The molecule has 1 amide bonds. The number of benzene rings is 3. The smallest absolute Gasteiger partial charge is 0.270 e. The van der Waals surface area contributed by atoms with Crippen LogP contribution in [0.3, 0.4) is 0 Å². The van der Waals surface area contributed by atoms with Crippen LogP contribution in [-0.2, 0) is 11.4 Å². The van der Waals surface area contributed by atoms with Gasteiger partial charge in [-0.2, -0.15) is 0 Å². The van der Waals surface area contributed by atoms with Crippen molar-refractivity contribution in [2.75, 3.05) is 12.0 Å². The first kappa shape index (κ1) is 22.5. The molecule has 0 radical (unpaired) electrons. The topological polar surface area (TPSA) is 81.9 Å². The highest BCUT2D eigenvalue weighted by Crippen LogP contribution is 2.37. The second-order valence-electron chi connectivity index (χ2n) is 6.98. The molecule has 7 nitrogen and oxygen atoms in total. The third-order valence-electron chi connectivity index (χ3n) is 4.84. The minimum Gasteiger partial charge on any atom is -0.493 e. The minimum absolute atomic E-state index is 0.0263. The highest BCUT2D eigenvalue weighted by atomic mass is 32.2. The zero-order valence-corrected chi connectivity index (χ0v) is 19.1. The molecule has 1 aliphatic rings. The first-order valence-corrected chi connectivity index (χ1v) is 11.1. The highest BCUT2D eigenvalue weighted by Gasteiger charge is 2.33. The van der Waals surface area contributed by atoms with Crippen molar-refractivity contribution in [3.05, 3.63) is 98.9 Å². The zero-order chi connectivity index (χ0) is 23.4. The predicted octanol–water partition coefficient (Wildman–Crippen LogP) is 5.59. The third kappa shape index (κ3) is 5.05. The summed E-state index contributed by atoms with van der Waals surface area (Å²) in [6.07, 6.45) is 1.77. The van der Waals surface area contributed by atoms with Gasteiger partial charge in [0.1, 0.15) is 6.61 Å². The number of non-ortho nitro benzene ring substituents is 1. The van der Waals surface area contributed by atoms with E-state index in [4.69, 9.17) is 21.7 Å². The van der Waals surface area contributed by atoms with E-state index in [9.17, 15) is 14.9 Å². The van der Waals surface area contributed by atoms with Gasteiger partial charge in [0.15, 0.2) is 15.8 Å². The Kier molecular flexibility index (Phi) is 6.71. The number of carbonyl (C=O) groups is 1. The van der Waals surface area contributed by atoms with E-state index in [-0.39, 0.29) is 18.2 Å². The molecule has 0 atom stereocenters. The lowest BCUT2D eigenvalue weighted by atomic mass is 10.1. The van der Waals surface area contributed by atoms with Crippen LogP contribution in [0.25, 0.3) is 6.08 Å². The Labute approximate surface area is 199 Å². The van der Waals surface area contributed by atoms with Gasteiger partial charge in [0.05, 0.1) is 22.6 Å². The molecule has 0 unspecified atom stereocenters. The number of thioether (sulfide) groups is 1. The molecule has 0 bridgehead atoms. The number of ether oxygens (including phenoxy) is 2. The number of anilines is 1. The first-order chi connectivity index (χ1) is 16.0. The quantitative estimate of drug-likeness (QED) is 0.190. The number of hydrogen-bond donors (Lipinski definition) is 0. The summed E-state index contributed by atoms with van der Waals surface area (Å²) in [5.41, 5.74) is 2.31. The zero-order valence-electron chi connectivity index (χ0n) is 17.5. The van der Waals surface area contributed by atoms with Gasteiger partial charge in [-0.25, -0.2) is 0 Å². The molecule has 0 aliphatic carbocycles. The van der Waals surface area contributed by atoms with Crippen LogP contribution in [0.1, 0.15) is 11.1 Å². The molecule has 166 valence electrons. The van der Waals surface area contributed by atoms with Crippen molar-refractivity contribution in [1.29, 1.82) is 0 Å². The fourth-order valence-corrected chi connectivity index (χ4v) is 4.49. The van der Waals surface area contributed by atoms with Gasteiger partial charge in [-0.3, -0.25) is 19.8 Å². The molecule has 1 fully saturated rings. The Morgan fingerprint density at radius 3 is 2.45 bits per heavy atom. The number of rotatable bonds is 7. The summed E-state index contributed by atoms with van der Waals surface area (Å²) in [5.74, 6) is 0.850. The summed E-state index contributed by atoms with van der Waals surface area (Å²) in [4.78, 5) is 25.3. The van der Waals surface area contributed by atoms with E-state index in [1.165, 1.54) is 35.9 Å². The Bertz CT molecular complexity index is 1240. The molecule has 1 saturated heterocycles. The van der Waals surface area contributed by atoms with E-state index in [2.05, 4.69) is 0 Å². The van der Waals surface area contributed by atoms with Gasteiger partial charge in [-0.1, -0.05) is 48.2 Å². The summed E-state index contributed by atoms with van der Waals surface area (Å²) in [5, 5.41) is 10.8. The van der Waals surface area contributed by atoms with Gasteiger partial charge >= 0.3 is 0 Å². The molecule has 1 aliphatic heterocycles. The molecular weight excluding hydrogens is 460 g/mol. The molecule has 4 rings (SSSR count). The van der Waals surface area contributed by atoms with Crippen LogP contribution in [-0.4, -0.2) is 22.3 Å². The number of nitro benzene ring substituents is 1. The normalized spacial score (nSPS) is 14.6. The number of nitrogens with zero attached hydrogens (tertiary/aromatic N) is 2. The maximum absolute atomic E-state index is 12.9. The van der Waals surface area contributed by atoms with Crippen molar-refractivity contribution < 1.29 is 19.2 Å². The molecule has 0 spiro atoms. The lowest BCUT2D eigenvalue weighted by molar-refractivity contribution is -0.384. The van der Waals surface area contributed by atoms with E-state index in [0.717, 1.165) is 16.8 Å². The molecule has 1 heterocycles. The van der Waals surface area contributed by atoms with Crippen molar-refractivity contribution in [2.24, 2.45) is 0 Å². The average Bonchev–Trinajstić information content (AvgIpc) is 3.11. The maximum Gasteiger partial charge on any atom is 0.270 e. The SMILES string of the molecule is COc1cc(/C=C2/SC(=S)N(c3ccccc3)C2=O)ccc1OCc1ccc([N+](=O)[O-])cc1. The average molecular weight is 479 g/mol. The van der Waals surface area contributed by atoms with E-state index < -0.39 is 4.92 Å². The predicted molar refractivity (Wildman–Crippen MR) is 133 cm³/mol. The second kappa shape index (κ2) is 9.85. The Balaban J connectivity index is 1.49. The molecule has 3 aromatic rings. The summed E-state index contributed by atoms with van der Waals surface area (Å²) < 4.78 is 11.8. The molecule has 33 heavy (non-hydrogen) atoms. The Hall–Kier alpha value is -3.69. The van der Waals surface area contributed by atoms with E-state index in [1.54, 1.807) is 30.3 Å². The minimum atomic E-state index is -0.444. The van der Waals surface area contributed by atoms with Crippen LogP contribution in [0, 0.1) is 10.1 Å². The van der Waals surface area contributed by atoms with Crippen molar-refractivity contribution in [3.8, 4) is 11.5 Å². The van der Waals surface area contributed by atoms with Crippen molar-refractivity contribution in [2.45, 2.75) is 6.61 Å². The molecular formula is C24H18N2O5S2. The highest BCUT2D eigenvalue weighted by molar-refractivity contribution is 8.27. The lowest BCUT2D eigenvalue weighted by Crippen LogP contribution is -2.27. The fraction of sp³-hybridized carbons (Fsp3) is 0.0833. The fourth-order valence-electron chi connectivity index (χ4n) is 3.19. The number of carbonyl (C=O) groups excluding carboxylic acids is 1. The van der Waals surface area contributed by atoms with E-state index >= 15 is 0 Å². The monoisotopic (exact) mass is 478 g/mol. The van der Waals surface area contributed by atoms with Crippen molar-refractivity contribution in [3.63, 3.8) is 0 Å². The number of nitro groups is 1. The van der Waals surface area contributed by atoms with Gasteiger partial charge in [0.2, 0.25) is 0 Å². The molecule has 9 heteroatoms. The molecule has 0 saturated carbocycles. The van der Waals surface area contributed by atoms with Crippen LogP contribution in [0.4, 0.5) is 11.4 Å². The number of methoxy groups -OCH3 is 1. The number of thiocarbonyl (C=S) groups is 1. The third-order valence-corrected chi connectivity index (χ3v) is 6.14. The van der Waals surface area contributed by atoms with Gasteiger partial charge in [-0.15, -0.1) is 0 Å².